The molecular formula is C19H27NO3Y-2. The Labute approximate surface area is 170 Å². The van der Waals surface area contributed by atoms with E-state index in [0.717, 1.165) is 25.7 Å². The van der Waals surface area contributed by atoms with Crippen molar-refractivity contribution in [2.75, 3.05) is 13.2 Å². The summed E-state index contributed by atoms with van der Waals surface area (Å²) in [6, 6.07) is 9.39. The molecule has 0 amide bonds. The predicted molar refractivity (Wildman–Crippen MR) is 90.9 cm³/mol. The Morgan fingerprint density at radius 3 is 2.38 bits per heavy atom. The van der Waals surface area contributed by atoms with Crippen LogP contribution in [0.25, 0.3) is 0 Å². The molecule has 2 bridgehead atoms. The van der Waals surface area contributed by atoms with Gasteiger partial charge in [0.2, 0.25) is 0 Å². The van der Waals surface area contributed by atoms with Crippen LogP contribution in [0.2, 0.25) is 0 Å². The van der Waals surface area contributed by atoms with Gasteiger partial charge in [-0.05, 0) is 12.8 Å². The van der Waals surface area contributed by atoms with E-state index in [0.29, 0.717) is 18.6 Å². The van der Waals surface area contributed by atoms with Crippen LogP contribution < -0.4 is 0 Å². The number of carboxylic acid groups (broad SMARTS) is 1. The molecule has 2 saturated heterocycles. The van der Waals surface area contributed by atoms with Crippen LogP contribution in [0.4, 0.5) is 0 Å². The first kappa shape index (κ1) is 21.6. The molecular weight excluding hydrogens is 379 g/mol. The number of benzene rings is 1. The number of aryl methyl sites for hydroxylation is 1. The second-order valence-corrected chi connectivity index (χ2v) is 6.63. The number of rotatable bonds is 5. The predicted octanol–water partition coefficient (Wildman–Crippen LogP) is 2.69. The largest absolute Gasteiger partial charge is 0.481 e. The Kier molecular flexibility index (Phi) is 8.41. The summed E-state index contributed by atoms with van der Waals surface area (Å²) in [5.74, 6) is -0.0450. The molecule has 0 aliphatic carbocycles. The van der Waals surface area contributed by atoms with Gasteiger partial charge in [-0.1, -0.05) is 25.8 Å². The zero-order valence-corrected chi connectivity index (χ0v) is 17.4. The maximum Gasteiger partial charge on any atom is 0.310 e. The second-order valence-electron chi connectivity index (χ2n) is 6.63. The summed E-state index contributed by atoms with van der Waals surface area (Å²) in [4.78, 5) is 13.5. The van der Waals surface area contributed by atoms with Crippen LogP contribution in [-0.2, 0) is 37.5 Å². The maximum atomic E-state index is 11.2. The topological polar surface area (TPSA) is 60.8 Å². The number of aliphatic carboxylic acids is 1. The average Bonchev–Trinajstić information content (AvgIpc) is 2.73. The van der Waals surface area contributed by atoms with Crippen molar-refractivity contribution in [2.45, 2.75) is 44.7 Å². The minimum Gasteiger partial charge on any atom is -0.481 e. The van der Waals surface area contributed by atoms with Crippen molar-refractivity contribution in [3.05, 3.63) is 48.7 Å². The summed E-state index contributed by atoms with van der Waals surface area (Å²) in [5.41, 5.74) is 2.69. The van der Waals surface area contributed by atoms with Gasteiger partial charge >= 0.3 is 5.97 Å². The summed E-state index contributed by atoms with van der Waals surface area (Å²) >= 11 is 0. The summed E-state index contributed by atoms with van der Waals surface area (Å²) in [6.45, 7) is 2.35. The molecule has 2 N–H and O–H groups in total. The number of hydrogen-bond donors (Lipinski definition) is 2. The molecule has 3 rings (SSSR count). The van der Waals surface area contributed by atoms with Crippen LogP contribution in [0.5, 0.6) is 0 Å². The van der Waals surface area contributed by atoms with Crippen molar-refractivity contribution in [1.82, 2.24) is 4.90 Å². The van der Waals surface area contributed by atoms with Gasteiger partial charge in [0.1, 0.15) is 0 Å². The molecule has 0 aromatic heterocycles. The number of aliphatic hydroxyl groups is 1. The van der Waals surface area contributed by atoms with Crippen LogP contribution >= 0.6 is 0 Å². The normalized spacial score (nSPS) is 24.0. The van der Waals surface area contributed by atoms with Gasteiger partial charge in [0.25, 0.3) is 0 Å². The van der Waals surface area contributed by atoms with Crippen molar-refractivity contribution in [1.29, 1.82) is 0 Å². The first-order valence-corrected chi connectivity index (χ1v) is 8.10. The standard InChI is InChI=1S/C18H24NO3.CH3.Y/c1-12-4-2-3-5-17(12)13-8-15-6-7-16(9-13)19(15)10-14(11-20)18(21)22;;/h2-5,14-16,20H,6-11H2,1H3,(H,21,22);1H3;/q2*-1;. The number of hydrogen-bond acceptors (Lipinski definition) is 3. The molecule has 131 valence electrons. The quantitative estimate of drug-likeness (QED) is 0.739. The molecule has 2 aliphatic heterocycles. The van der Waals surface area contributed by atoms with Crippen LogP contribution in [-0.4, -0.2) is 46.3 Å². The summed E-state index contributed by atoms with van der Waals surface area (Å²) in [5, 5.41) is 18.4. The van der Waals surface area contributed by atoms with E-state index in [1.54, 1.807) is 0 Å². The van der Waals surface area contributed by atoms with Crippen LogP contribution in [0.1, 0.15) is 36.8 Å². The van der Waals surface area contributed by atoms with E-state index in [1.807, 2.05) is 0 Å². The van der Waals surface area contributed by atoms with E-state index in [9.17, 15) is 15.0 Å². The van der Waals surface area contributed by atoms with E-state index < -0.39 is 11.9 Å². The third kappa shape index (κ3) is 4.40. The molecule has 1 radical (unpaired) electrons. The smallest absolute Gasteiger partial charge is 0.310 e. The van der Waals surface area contributed by atoms with Gasteiger partial charge in [0.05, 0.1) is 12.5 Å². The number of fused-ring (bicyclic) bond motifs is 2. The van der Waals surface area contributed by atoms with E-state index in [1.165, 1.54) is 17.0 Å². The molecule has 0 saturated carbocycles. The Bertz CT molecular complexity index is 537. The molecule has 2 aliphatic rings. The summed E-state index contributed by atoms with van der Waals surface area (Å²) < 4.78 is 0. The molecule has 2 heterocycles. The Balaban J connectivity index is 0.00000144. The molecule has 24 heavy (non-hydrogen) atoms. The van der Waals surface area contributed by atoms with Gasteiger partial charge in [0.15, 0.2) is 0 Å². The minimum atomic E-state index is -0.893. The number of piperidine rings is 1. The Morgan fingerprint density at radius 1 is 1.29 bits per heavy atom. The molecule has 2 fully saturated rings. The second kappa shape index (κ2) is 9.33. The van der Waals surface area contributed by atoms with E-state index in [-0.39, 0.29) is 46.7 Å². The molecule has 5 heteroatoms. The van der Waals surface area contributed by atoms with E-state index in [2.05, 4.69) is 36.1 Å². The van der Waals surface area contributed by atoms with Gasteiger partial charge in [0, 0.05) is 51.3 Å². The Hall–Kier alpha value is -0.416. The van der Waals surface area contributed by atoms with Crippen molar-refractivity contribution in [3.63, 3.8) is 0 Å². The van der Waals surface area contributed by atoms with E-state index >= 15 is 0 Å². The summed E-state index contributed by atoms with van der Waals surface area (Å²) in [6.07, 6.45) is 4.33. The van der Waals surface area contributed by atoms with Crippen LogP contribution in [0.15, 0.2) is 24.3 Å². The zero-order chi connectivity index (χ0) is 15.7. The van der Waals surface area contributed by atoms with Gasteiger partial charge in [-0.25, -0.2) is 0 Å². The number of nitrogens with zero attached hydrogens (tertiary/aromatic N) is 1. The van der Waals surface area contributed by atoms with Crippen molar-refractivity contribution in [2.24, 2.45) is 5.92 Å². The van der Waals surface area contributed by atoms with Crippen molar-refractivity contribution >= 4 is 5.97 Å². The molecule has 4 nitrogen and oxygen atoms in total. The van der Waals surface area contributed by atoms with E-state index in [4.69, 9.17) is 0 Å². The van der Waals surface area contributed by atoms with Crippen LogP contribution in [0, 0.1) is 26.2 Å². The van der Waals surface area contributed by atoms with Crippen LogP contribution in [0.3, 0.4) is 0 Å². The molecule has 1 aromatic carbocycles. The average molecular weight is 406 g/mol. The maximum absolute atomic E-state index is 11.2. The van der Waals surface area contributed by atoms with Crippen molar-refractivity contribution < 1.29 is 47.7 Å². The molecule has 3 unspecified atom stereocenters. The fourth-order valence-corrected chi connectivity index (χ4v) is 4.06. The molecule has 0 spiro atoms. The van der Waals surface area contributed by atoms with Gasteiger partial charge in [-0.3, -0.25) is 9.69 Å². The SMILES string of the molecule is Cc1ccccc1[C-]1CC2CCC(C1)N2CC(CO)C(=O)O.[CH3-].[Y]. The third-order valence-electron chi connectivity index (χ3n) is 5.26. The fourth-order valence-electron chi connectivity index (χ4n) is 4.06. The minimum absolute atomic E-state index is 0. The first-order chi connectivity index (χ1) is 10.6. The fraction of sp³-hybridized carbons (Fsp3) is 0.526. The number of carbonyl (C=O) groups is 1. The Morgan fingerprint density at radius 2 is 1.88 bits per heavy atom. The van der Waals surface area contributed by atoms with Gasteiger partial charge < -0.3 is 17.6 Å². The number of carboxylic acids is 1. The molecule has 1 aromatic rings. The summed E-state index contributed by atoms with van der Waals surface area (Å²) in [7, 11) is 0. The van der Waals surface area contributed by atoms with Gasteiger partial charge in [-0.2, -0.15) is 23.1 Å². The molecule has 3 atom stereocenters. The number of aliphatic hydroxyl groups excluding tert-OH is 1. The first-order valence-electron chi connectivity index (χ1n) is 8.10. The zero-order valence-electron chi connectivity index (χ0n) is 14.6. The third-order valence-corrected chi connectivity index (χ3v) is 5.26. The monoisotopic (exact) mass is 406 g/mol. The van der Waals surface area contributed by atoms with Gasteiger partial charge in [-0.15, -0.1) is 12.1 Å². The van der Waals surface area contributed by atoms with Crippen molar-refractivity contribution in [3.8, 4) is 0 Å².